The monoisotopic (exact) mass is 345 g/mol. The van der Waals surface area contributed by atoms with Crippen molar-refractivity contribution >= 4 is 22.9 Å². The van der Waals surface area contributed by atoms with Gasteiger partial charge in [-0.2, -0.15) is 0 Å². The molecular formula is C21H15NO4. The highest BCUT2D eigenvalue weighted by molar-refractivity contribution is 6.31. The molecule has 3 aromatic rings. The summed E-state index contributed by atoms with van der Waals surface area (Å²) in [6.45, 7) is -0.103. The van der Waals surface area contributed by atoms with Crippen LogP contribution < -0.4 is 5.32 Å². The van der Waals surface area contributed by atoms with E-state index in [1.807, 2.05) is 0 Å². The summed E-state index contributed by atoms with van der Waals surface area (Å²) in [5.41, 5.74) is 2.60. The lowest BCUT2D eigenvalue weighted by Gasteiger charge is -2.21. The van der Waals surface area contributed by atoms with Crippen LogP contribution in [0.1, 0.15) is 37.4 Å². The maximum atomic E-state index is 13.0. The molecule has 128 valence electrons. The number of nitrogens with one attached hydrogen (secondary N) is 1. The summed E-state index contributed by atoms with van der Waals surface area (Å²) in [5, 5.41) is 22.6. The molecule has 0 unspecified atom stereocenters. The van der Waals surface area contributed by atoms with Gasteiger partial charge in [0, 0.05) is 16.8 Å². The van der Waals surface area contributed by atoms with Crippen LogP contribution in [0.3, 0.4) is 0 Å². The molecule has 3 aromatic carbocycles. The Labute approximate surface area is 149 Å². The Hall–Kier alpha value is -3.44. The lowest BCUT2D eigenvalue weighted by atomic mass is 9.82. The predicted molar refractivity (Wildman–Crippen MR) is 97.1 cm³/mol. The number of hydrogen-bond donors (Lipinski definition) is 3. The van der Waals surface area contributed by atoms with E-state index in [9.17, 15) is 19.8 Å². The van der Waals surface area contributed by atoms with E-state index in [1.165, 1.54) is 6.07 Å². The summed E-state index contributed by atoms with van der Waals surface area (Å²) < 4.78 is 0. The van der Waals surface area contributed by atoms with Crippen LogP contribution in [0, 0.1) is 0 Å². The quantitative estimate of drug-likeness (QED) is 0.495. The van der Waals surface area contributed by atoms with Gasteiger partial charge in [-0.15, -0.1) is 0 Å². The van der Waals surface area contributed by atoms with Crippen molar-refractivity contribution in [3.8, 4) is 5.75 Å². The molecule has 0 bridgehead atoms. The number of phenols is 1. The second kappa shape index (κ2) is 6.13. The molecule has 5 nitrogen and oxygen atoms in total. The van der Waals surface area contributed by atoms with Crippen molar-refractivity contribution < 1.29 is 19.8 Å². The SMILES string of the molecule is O=C1c2ccccc2C(=O)c2c(Nc3cccc(CO)c3)ccc(O)c21. The molecule has 0 aromatic heterocycles. The molecule has 0 aliphatic heterocycles. The number of aromatic hydroxyl groups is 1. The van der Waals surface area contributed by atoms with Crippen LogP contribution in [-0.2, 0) is 6.61 Å². The number of anilines is 2. The molecule has 0 radical (unpaired) electrons. The van der Waals surface area contributed by atoms with Gasteiger partial charge in [0.2, 0.25) is 0 Å². The second-order valence-corrected chi connectivity index (χ2v) is 6.07. The Kier molecular flexibility index (Phi) is 3.78. The molecule has 5 heteroatoms. The van der Waals surface area contributed by atoms with Gasteiger partial charge >= 0.3 is 0 Å². The van der Waals surface area contributed by atoms with E-state index in [0.717, 1.165) is 5.56 Å². The highest BCUT2D eigenvalue weighted by Crippen LogP contribution is 2.37. The number of rotatable bonds is 3. The average Bonchev–Trinajstić information content (AvgIpc) is 2.67. The molecule has 0 saturated heterocycles. The minimum Gasteiger partial charge on any atom is -0.507 e. The summed E-state index contributed by atoms with van der Waals surface area (Å²) in [6, 6.07) is 16.7. The number of phenolic OH excluding ortho intramolecular Hbond substituents is 1. The van der Waals surface area contributed by atoms with E-state index in [1.54, 1.807) is 54.6 Å². The van der Waals surface area contributed by atoms with Gasteiger partial charge in [-0.3, -0.25) is 9.59 Å². The van der Waals surface area contributed by atoms with Gasteiger partial charge < -0.3 is 15.5 Å². The number of benzene rings is 3. The molecule has 3 N–H and O–H groups in total. The first-order valence-electron chi connectivity index (χ1n) is 8.11. The van der Waals surface area contributed by atoms with Crippen molar-refractivity contribution in [2.75, 3.05) is 5.32 Å². The van der Waals surface area contributed by atoms with Crippen LogP contribution in [0.5, 0.6) is 5.75 Å². The molecule has 0 amide bonds. The zero-order valence-corrected chi connectivity index (χ0v) is 13.7. The summed E-state index contributed by atoms with van der Waals surface area (Å²) in [7, 11) is 0. The first-order chi connectivity index (χ1) is 12.6. The molecule has 0 atom stereocenters. The molecule has 0 spiro atoms. The Bertz CT molecular complexity index is 1060. The molecule has 0 saturated carbocycles. The second-order valence-electron chi connectivity index (χ2n) is 6.07. The van der Waals surface area contributed by atoms with Gasteiger partial charge in [0.25, 0.3) is 0 Å². The number of aliphatic hydroxyl groups is 1. The first kappa shape index (κ1) is 16.1. The average molecular weight is 345 g/mol. The van der Waals surface area contributed by atoms with E-state index in [-0.39, 0.29) is 35.0 Å². The maximum absolute atomic E-state index is 13.0. The van der Waals surface area contributed by atoms with E-state index in [0.29, 0.717) is 22.5 Å². The maximum Gasteiger partial charge on any atom is 0.198 e. The molecule has 0 heterocycles. The van der Waals surface area contributed by atoms with E-state index in [4.69, 9.17) is 0 Å². The molecule has 4 rings (SSSR count). The number of ketones is 2. The fraction of sp³-hybridized carbons (Fsp3) is 0.0476. The molecule has 0 fully saturated rings. The van der Waals surface area contributed by atoms with Gasteiger partial charge in [-0.25, -0.2) is 0 Å². The molecule has 1 aliphatic rings. The minimum atomic E-state index is -0.375. The largest absolute Gasteiger partial charge is 0.507 e. The number of carbonyl (C=O) groups is 2. The third kappa shape index (κ3) is 2.46. The van der Waals surface area contributed by atoms with E-state index < -0.39 is 0 Å². The first-order valence-corrected chi connectivity index (χ1v) is 8.11. The third-order valence-electron chi connectivity index (χ3n) is 4.44. The Morgan fingerprint density at radius 1 is 0.808 bits per heavy atom. The smallest absolute Gasteiger partial charge is 0.198 e. The van der Waals surface area contributed by atoms with Gasteiger partial charge in [0.05, 0.1) is 23.4 Å². The molecule has 1 aliphatic carbocycles. The van der Waals surface area contributed by atoms with Crippen LogP contribution in [-0.4, -0.2) is 21.8 Å². The predicted octanol–water partition coefficient (Wildman–Crippen LogP) is 3.40. The Balaban J connectivity index is 1.86. The highest BCUT2D eigenvalue weighted by Gasteiger charge is 2.33. The van der Waals surface area contributed by atoms with Gasteiger partial charge in [0.1, 0.15) is 5.75 Å². The van der Waals surface area contributed by atoms with Crippen molar-refractivity contribution in [2.45, 2.75) is 6.61 Å². The van der Waals surface area contributed by atoms with Crippen LogP contribution in [0.2, 0.25) is 0 Å². The van der Waals surface area contributed by atoms with Crippen molar-refractivity contribution in [1.29, 1.82) is 0 Å². The van der Waals surface area contributed by atoms with Crippen LogP contribution >= 0.6 is 0 Å². The van der Waals surface area contributed by atoms with Crippen molar-refractivity contribution in [3.05, 3.63) is 88.5 Å². The fourth-order valence-electron chi connectivity index (χ4n) is 3.21. The lowest BCUT2D eigenvalue weighted by molar-refractivity contribution is 0.0977. The summed E-state index contributed by atoms with van der Waals surface area (Å²) in [4.78, 5) is 25.8. The van der Waals surface area contributed by atoms with E-state index >= 15 is 0 Å². The fourth-order valence-corrected chi connectivity index (χ4v) is 3.21. The summed E-state index contributed by atoms with van der Waals surface area (Å²) >= 11 is 0. The van der Waals surface area contributed by atoms with Crippen LogP contribution in [0.15, 0.2) is 60.7 Å². The van der Waals surface area contributed by atoms with Crippen molar-refractivity contribution in [3.63, 3.8) is 0 Å². The van der Waals surface area contributed by atoms with Crippen molar-refractivity contribution in [2.24, 2.45) is 0 Å². The van der Waals surface area contributed by atoms with Crippen LogP contribution in [0.25, 0.3) is 0 Å². The number of carbonyl (C=O) groups excluding carboxylic acids is 2. The normalized spacial score (nSPS) is 12.5. The standard InChI is InChI=1S/C21H15NO4/c23-11-12-4-3-5-13(10-12)22-16-8-9-17(24)19-18(16)20(25)14-6-1-2-7-15(14)21(19)26/h1-10,22-24H,11H2. The zero-order valence-electron chi connectivity index (χ0n) is 13.7. The van der Waals surface area contributed by atoms with E-state index in [2.05, 4.69) is 5.32 Å². The van der Waals surface area contributed by atoms with Gasteiger partial charge in [-0.05, 0) is 29.8 Å². The summed E-state index contributed by atoms with van der Waals surface area (Å²) in [6.07, 6.45) is 0. The number of fused-ring (bicyclic) bond motifs is 2. The highest BCUT2D eigenvalue weighted by atomic mass is 16.3. The number of hydrogen-bond acceptors (Lipinski definition) is 5. The Morgan fingerprint density at radius 3 is 2.19 bits per heavy atom. The third-order valence-corrected chi connectivity index (χ3v) is 4.44. The van der Waals surface area contributed by atoms with Gasteiger partial charge in [0.15, 0.2) is 11.6 Å². The van der Waals surface area contributed by atoms with Crippen LogP contribution in [0.4, 0.5) is 11.4 Å². The lowest BCUT2D eigenvalue weighted by Crippen LogP contribution is -2.22. The number of aliphatic hydroxyl groups excluding tert-OH is 1. The Morgan fingerprint density at radius 2 is 1.50 bits per heavy atom. The molecular weight excluding hydrogens is 330 g/mol. The topological polar surface area (TPSA) is 86.6 Å². The van der Waals surface area contributed by atoms with Gasteiger partial charge in [-0.1, -0.05) is 36.4 Å². The minimum absolute atomic E-state index is 0.0111. The van der Waals surface area contributed by atoms with Crippen molar-refractivity contribution in [1.82, 2.24) is 0 Å². The molecule has 26 heavy (non-hydrogen) atoms. The zero-order chi connectivity index (χ0) is 18.3. The summed E-state index contributed by atoms with van der Waals surface area (Å²) in [5.74, 6) is -0.908.